The number of pyridine rings is 1. The molecule has 3 aromatic rings. The number of aliphatic hydroxyl groups is 1. The van der Waals surface area contributed by atoms with E-state index in [1.165, 1.54) is 6.20 Å². The van der Waals surface area contributed by atoms with Gasteiger partial charge in [-0.1, -0.05) is 25.4 Å². The first-order valence-corrected chi connectivity index (χ1v) is 10.3. The highest BCUT2D eigenvalue weighted by Crippen LogP contribution is 2.61. The minimum Gasteiger partial charge on any atom is -0.396 e. The average Bonchev–Trinajstić information content (AvgIpc) is 3.12. The molecule has 0 aromatic carbocycles. The summed E-state index contributed by atoms with van der Waals surface area (Å²) in [5.41, 5.74) is 1.57. The van der Waals surface area contributed by atoms with Crippen LogP contribution in [0.5, 0.6) is 0 Å². The number of H-pyrrole nitrogens is 1. The van der Waals surface area contributed by atoms with E-state index in [0.717, 1.165) is 18.2 Å². The van der Waals surface area contributed by atoms with Crippen LogP contribution in [0.3, 0.4) is 0 Å². The molecule has 0 saturated heterocycles. The molecule has 3 fully saturated rings. The fourth-order valence-electron chi connectivity index (χ4n) is 5.23. The molecule has 4 atom stereocenters. The predicted molar refractivity (Wildman–Crippen MR) is 110 cm³/mol. The number of nitrogens with one attached hydrogen (secondary N) is 2. The largest absolute Gasteiger partial charge is 0.396 e. The first-order chi connectivity index (χ1) is 13.9. The summed E-state index contributed by atoms with van der Waals surface area (Å²) in [5.74, 6) is 1.17. The monoisotopic (exact) mass is 415 g/mol. The molecule has 3 N–H and O–H groups in total. The van der Waals surface area contributed by atoms with E-state index in [1.54, 1.807) is 18.5 Å². The molecule has 2 unspecified atom stereocenters. The van der Waals surface area contributed by atoms with Gasteiger partial charge in [-0.3, -0.25) is 0 Å². The highest BCUT2D eigenvalue weighted by Gasteiger charge is 2.57. The molecule has 152 valence electrons. The van der Waals surface area contributed by atoms with Gasteiger partial charge in [0.15, 0.2) is 17.5 Å². The van der Waals surface area contributed by atoms with Crippen molar-refractivity contribution in [1.29, 1.82) is 0 Å². The van der Waals surface area contributed by atoms with E-state index in [1.807, 2.05) is 0 Å². The molecule has 29 heavy (non-hydrogen) atoms. The number of fused-ring (bicyclic) bond motifs is 3. The van der Waals surface area contributed by atoms with E-state index < -0.39 is 5.82 Å². The van der Waals surface area contributed by atoms with Crippen molar-refractivity contribution < 1.29 is 9.50 Å². The van der Waals surface area contributed by atoms with Gasteiger partial charge in [0.25, 0.3) is 0 Å². The third kappa shape index (κ3) is 2.90. The van der Waals surface area contributed by atoms with Crippen molar-refractivity contribution in [3.05, 3.63) is 35.5 Å². The van der Waals surface area contributed by atoms with Gasteiger partial charge in [0, 0.05) is 41.9 Å². The van der Waals surface area contributed by atoms with Crippen molar-refractivity contribution >= 4 is 28.5 Å². The minimum atomic E-state index is -0.499. The van der Waals surface area contributed by atoms with Crippen LogP contribution in [0.2, 0.25) is 5.02 Å². The van der Waals surface area contributed by atoms with Crippen LogP contribution in [0.15, 0.2) is 24.7 Å². The molecule has 0 aliphatic heterocycles. The van der Waals surface area contributed by atoms with Crippen LogP contribution in [-0.2, 0) is 0 Å². The molecule has 3 saturated carbocycles. The van der Waals surface area contributed by atoms with Gasteiger partial charge in [0.1, 0.15) is 5.65 Å². The van der Waals surface area contributed by atoms with E-state index in [2.05, 4.69) is 39.1 Å². The highest BCUT2D eigenvalue weighted by atomic mass is 35.5. The normalized spacial score (nSPS) is 27.6. The number of halogens is 2. The Bertz CT molecular complexity index is 1080. The first-order valence-electron chi connectivity index (χ1n) is 9.91. The lowest BCUT2D eigenvalue weighted by atomic mass is 9.45. The van der Waals surface area contributed by atoms with Gasteiger partial charge in [-0.05, 0) is 36.2 Å². The van der Waals surface area contributed by atoms with Crippen LogP contribution in [0.1, 0.15) is 26.7 Å². The Labute approximate surface area is 172 Å². The van der Waals surface area contributed by atoms with Crippen molar-refractivity contribution in [3.63, 3.8) is 0 Å². The standard InChI is InChI=1S/C21H23ClFN5O/c1-21(2)11-3-10(9-29)17(15(21)4-11)27-20-16(23)8-26-19(28-20)14-7-25-18-13(14)5-12(22)6-24-18/h5-8,10-11,15,17,29H,3-4,9H2,1-2H3,(H,24,25)(H,26,27,28)/t10-,11?,15?,17-/m1/s1. The summed E-state index contributed by atoms with van der Waals surface area (Å²) < 4.78 is 14.6. The zero-order chi connectivity index (χ0) is 20.3. The maximum absolute atomic E-state index is 14.6. The Kier molecular flexibility index (Phi) is 4.29. The minimum absolute atomic E-state index is 0.0173. The van der Waals surface area contributed by atoms with Crippen molar-refractivity contribution in [2.24, 2.45) is 23.2 Å². The number of hydrogen-bond donors (Lipinski definition) is 3. The lowest BCUT2D eigenvalue weighted by Gasteiger charge is -2.62. The fraction of sp³-hybridized carbons (Fsp3) is 0.476. The molecule has 6 nitrogen and oxygen atoms in total. The maximum Gasteiger partial charge on any atom is 0.183 e. The molecule has 8 heteroatoms. The summed E-state index contributed by atoms with van der Waals surface area (Å²) in [5, 5.41) is 14.5. The van der Waals surface area contributed by atoms with Crippen LogP contribution in [0.4, 0.5) is 10.2 Å². The van der Waals surface area contributed by atoms with Crippen molar-refractivity contribution in [2.75, 3.05) is 11.9 Å². The molecule has 3 aliphatic carbocycles. The molecule has 0 spiro atoms. The molecule has 0 radical (unpaired) electrons. The second-order valence-corrected chi connectivity index (χ2v) is 9.29. The number of aromatic amines is 1. The lowest BCUT2D eigenvalue weighted by Crippen LogP contribution is -2.61. The molecule has 3 aliphatic rings. The topological polar surface area (TPSA) is 86.7 Å². The summed E-state index contributed by atoms with van der Waals surface area (Å²) in [6, 6.07) is 1.77. The molecule has 6 rings (SSSR count). The van der Waals surface area contributed by atoms with Gasteiger partial charge in [-0.25, -0.2) is 19.3 Å². The second-order valence-electron chi connectivity index (χ2n) is 8.85. The number of nitrogens with zero attached hydrogens (tertiary/aromatic N) is 3. The van der Waals surface area contributed by atoms with Gasteiger partial charge in [-0.2, -0.15) is 0 Å². The SMILES string of the molecule is CC1(C)C2CC1[C@H](Nc1nc(-c3c[nH]c4ncc(Cl)cc34)ncc1F)[C@@H](CO)C2. The van der Waals surface area contributed by atoms with E-state index in [0.29, 0.717) is 33.9 Å². The Balaban J connectivity index is 1.50. The summed E-state index contributed by atoms with van der Waals surface area (Å²) in [7, 11) is 0. The Hall–Kier alpha value is -2.25. The maximum atomic E-state index is 14.6. The zero-order valence-corrected chi connectivity index (χ0v) is 17.0. The van der Waals surface area contributed by atoms with Gasteiger partial charge in [0.2, 0.25) is 0 Å². The number of rotatable bonds is 4. The van der Waals surface area contributed by atoms with Crippen LogP contribution in [0, 0.1) is 29.0 Å². The average molecular weight is 416 g/mol. The van der Waals surface area contributed by atoms with Crippen molar-refractivity contribution in [1.82, 2.24) is 19.9 Å². The summed E-state index contributed by atoms with van der Waals surface area (Å²) in [6.07, 6.45) is 6.56. The molecule has 0 amide bonds. The van der Waals surface area contributed by atoms with Gasteiger partial charge in [-0.15, -0.1) is 0 Å². The third-order valence-corrected chi connectivity index (χ3v) is 7.30. The third-order valence-electron chi connectivity index (χ3n) is 7.10. The van der Waals surface area contributed by atoms with Gasteiger partial charge >= 0.3 is 0 Å². The van der Waals surface area contributed by atoms with Crippen LogP contribution < -0.4 is 5.32 Å². The van der Waals surface area contributed by atoms with E-state index in [4.69, 9.17) is 11.6 Å². The van der Waals surface area contributed by atoms with Crippen LogP contribution in [-0.4, -0.2) is 37.7 Å². The second kappa shape index (κ2) is 6.64. The van der Waals surface area contributed by atoms with Crippen LogP contribution >= 0.6 is 11.6 Å². The Morgan fingerprint density at radius 3 is 2.90 bits per heavy atom. The number of hydrogen-bond acceptors (Lipinski definition) is 5. The summed E-state index contributed by atoms with van der Waals surface area (Å²) >= 11 is 6.09. The smallest absolute Gasteiger partial charge is 0.183 e. The molecule has 3 heterocycles. The van der Waals surface area contributed by atoms with Gasteiger partial charge in [0.05, 0.1) is 11.2 Å². The van der Waals surface area contributed by atoms with E-state index in [9.17, 15) is 9.50 Å². The number of aromatic nitrogens is 4. The number of aliphatic hydroxyl groups excluding tert-OH is 1. The van der Waals surface area contributed by atoms with E-state index in [-0.39, 0.29) is 29.8 Å². The van der Waals surface area contributed by atoms with Crippen molar-refractivity contribution in [3.8, 4) is 11.4 Å². The molecular weight excluding hydrogens is 393 g/mol. The first kappa shape index (κ1) is 18.8. The quantitative estimate of drug-likeness (QED) is 0.592. The van der Waals surface area contributed by atoms with Crippen molar-refractivity contribution in [2.45, 2.75) is 32.7 Å². The zero-order valence-electron chi connectivity index (χ0n) is 16.3. The Morgan fingerprint density at radius 1 is 1.31 bits per heavy atom. The highest BCUT2D eigenvalue weighted by molar-refractivity contribution is 6.31. The molecule has 2 bridgehead atoms. The Morgan fingerprint density at radius 2 is 2.14 bits per heavy atom. The van der Waals surface area contributed by atoms with Crippen LogP contribution in [0.25, 0.3) is 22.4 Å². The predicted octanol–water partition coefficient (Wildman–Crippen LogP) is 4.27. The van der Waals surface area contributed by atoms with E-state index >= 15 is 0 Å². The molecule has 3 aromatic heterocycles. The lowest BCUT2D eigenvalue weighted by molar-refractivity contribution is -0.107. The molecular formula is C21H23ClFN5O. The number of anilines is 1. The fourth-order valence-corrected chi connectivity index (χ4v) is 5.39. The van der Waals surface area contributed by atoms with Gasteiger partial charge < -0.3 is 15.4 Å². The summed E-state index contributed by atoms with van der Waals surface area (Å²) in [4.78, 5) is 16.0. The summed E-state index contributed by atoms with van der Waals surface area (Å²) in [6.45, 7) is 4.62.